The first-order valence-corrected chi connectivity index (χ1v) is 10.3. The third-order valence-corrected chi connectivity index (χ3v) is 6.48. The Hall–Kier alpha value is -1.99. The lowest BCUT2D eigenvalue weighted by Gasteiger charge is -2.11. The fourth-order valence-electron chi connectivity index (χ4n) is 3.53. The van der Waals surface area contributed by atoms with Gasteiger partial charge in [0.05, 0.1) is 24.3 Å². The molecule has 1 aliphatic carbocycles. The molecule has 0 bridgehead atoms. The molecule has 0 amide bonds. The number of aliphatic hydroxyl groups is 1. The van der Waals surface area contributed by atoms with Crippen molar-refractivity contribution in [2.75, 3.05) is 12.4 Å². The quantitative estimate of drug-likeness (QED) is 0.844. The summed E-state index contributed by atoms with van der Waals surface area (Å²) in [6.07, 6.45) is 4.28. The van der Waals surface area contributed by atoms with Crippen molar-refractivity contribution < 1.29 is 13.5 Å². The summed E-state index contributed by atoms with van der Waals surface area (Å²) in [6.45, 7) is 0.351. The summed E-state index contributed by atoms with van der Waals surface area (Å²) in [5.74, 6) is 1.58. The molecule has 1 saturated carbocycles. The molecule has 0 radical (unpaired) electrons. The van der Waals surface area contributed by atoms with E-state index in [1.165, 1.54) is 11.0 Å². The Balaban J connectivity index is 1.64. The van der Waals surface area contributed by atoms with Crippen LogP contribution in [0.2, 0.25) is 0 Å². The van der Waals surface area contributed by atoms with Gasteiger partial charge in [-0.3, -0.25) is 0 Å². The molecule has 1 N–H and O–H groups in total. The van der Waals surface area contributed by atoms with Crippen molar-refractivity contribution >= 4 is 9.84 Å². The molecule has 1 aromatic heterocycles. The summed E-state index contributed by atoms with van der Waals surface area (Å²) in [5, 5.41) is 15.3. The molecule has 1 atom stereocenters. The van der Waals surface area contributed by atoms with Gasteiger partial charge in [0.1, 0.15) is 5.82 Å². The fourth-order valence-corrected chi connectivity index (χ4v) is 4.93. The van der Waals surface area contributed by atoms with Gasteiger partial charge in [0.25, 0.3) is 0 Å². The zero-order valence-electron chi connectivity index (χ0n) is 13.9. The van der Waals surface area contributed by atoms with E-state index in [0.717, 1.165) is 24.5 Å². The fraction of sp³-hybridized carbons (Fsp3) is 0.444. The van der Waals surface area contributed by atoms with Gasteiger partial charge in [-0.25, -0.2) is 18.1 Å². The Morgan fingerprint density at radius 3 is 2.60 bits per heavy atom. The van der Waals surface area contributed by atoms with Gasteiger partial charge in [-0.2, -0.15) is 5.10 Å². The molecule has 2 aromatic rings. The van der Waals surface area contributed by atoms with Crippen LogP contribution in [0.25, 0.3) is 0 Å². The standard InChI is InChI=1S/C18H21N3O3S/c22-10-9-21-16(12-14-6-11-25(23,24)13-14)19-17(20-21)18(7-8-18)15-4-2-1-3-5-15/h1-6,11,14,22H,7-10,12-13H2. The maximum atomic E-state index is 11.6. The number of nitrogens with zero attached hydrogens (tertiary/aromatic N) is 3. The maximum Gasteiger partial charge on any atom is 0.171 e. The minimum absolute atomic E-state index is 0.0209. The Morgan fingerprint density at radius 1 is 1.24 bits per heavy atom. The van der Waals surface area contributed by atoms with Gasteiger partial charge in [-0.15, -0.1) is 0 Å². The Labute approximate surface area is 147 Å². The van der Waals surface area contributed by atoms with Crippen molar-refractivity contribution in [3.05, 3.63) is 59.0 Å². The molecule has 4 rings (SSSR count). The molecule has 132 valence electrons. The van der Waals surface area contributed by atoms with Crippen molar-refractivity contribution in [2.24, 2.45) is 5.92 Å². The zero-order chi connectivity index (χ0) is 17.5. The molecular weight excluding hydrogens is 338 g/mol. The molecule has 2 heterocycles. The van der Waals surface area contributed by atoms with E-state index in [0.29, 0.717) is 13.0 Å². The molecule has 1 fully saturated rings. The van der Waals surface area contributed by atoms with Crippen LogP contribution in [0.5, 0.6) is 0 Å². The minimum atomic E-state index is -3.08. The van der Waals surface area contributed by atoms with E-state index in [9.17, 15) is 13.5 Å². The number of allylic oxidation sites excluding steroid dienone is 1. The van der Waals surface area contributed by atoms with Crippen molar-refractivity contribution in [3.8, 4) is 0 Å². The summed E-state index contributed by atoms with van der Waals surface area (Å²) in [7, 11) is -3.08. The molecule has 1 aromatic carbocycles. The van der Waals surface area contributed by atoms with E-state index in [-0.39, 0.29) is 23.7 Å². The number of benzene rings is 1. The number of sulfone groups is 1. The SMILES string of the molecule is O=S1(=O)C=CC(Cc2nc(C3(c4ccccc4)CC3)nn2CCO)C1. The number of aromatic nitrogens is 3. The lowest BCUT2D eigenvalue weighted by atomic mass is 9.95. The summed E-state index contributed by atoms with van der Waals surface area (Å²) in [4.78, 5) is 4.76. The Kier molecular flexibility index (Phi) is 4.00. The van der Waals surface area contributed by atoms with Crippen LogP contribution in [0.15, 0.2) is 41.8 Å². The number of hydrogen-bond donors (Lipinski definition) is 1. The van der Waals surface area contributed by atoms with Crippen LogP contribution in [0.1, 0.15) is 30.1 Å². The lowest BCUT2D eigenvalue weighted by molar-refractivity contribution is 0.266. The van der Waals surface area contributed by atoms with E-state index in [1.807, 2.05) is 18.2 Å². The van der Waals surface area contributed by atoms with Gasteiger partial charge in [0.2, 0.25) is 0 Å². The molecular formula is C18H21N3O3S. The topological polar surface area (TPSA) is 85.1 Å². The normalized spacial score (nSPS) is 23.0. The zero-order valence-corrected chi connectivity index (χ0v) is 14.7. The summed E-state index contributed by atoms with van der Waals surface area (Å²) in [5.41, 5.74) is 1.08. The number of rotatable bonds is 6. The maximum absolute atomic E-state index is 11.6. The van der Waals surface area contributed by atoms with Crippen LogP contribution >= 0.6 is 0 Å². The van der Waals surface area contributed by atoms with E-state index in [4.69, 9.17) is 4.98 Å². The predicted octanol–water partition coefficient (Wildman–Crippen LogP) is 1.45. The first kappa shape index (κ1) is 16.5. The van der Waals surface area contributed by atoms with Crippen LogP contribution in [-0.2, 0) is 28.2 Å². The van der Waals surface area contributed by atoms with Crippen molar-refractivity contribution in [3.63, 3.8) is 0 Å². The van der Waals surface area contributed by atoms with Gasteiger partial charge in [0.15, 0.2) is 15.7 Å². The molecule has 2 aliphatic rings. The smallest absolute Gasteiger partial charge is 0.171 e. The minimum Gasteiger partial charge on any atom is -0.394 e. The van der Waals surface area contributed by atoms with Crippen molar-refractivity contribution in [1.29, 1.82) is 0 Å². The van der Waals surface area contributed by atoms with Crippen molar-refractivity contribution in [2.45, 2.75) is 31.2 Å². The van der Waals surface area contributed by atoms with Crippen LogP contribution < -0.4 is 0 Å². The highest BCUT2D eigenvalue weighted by molar-refractivity contribution is 7.94. The molecule has 25 heavy (non-hydrogen) atoms. The highest BCUT2D eigenvalue weighted by atomic mass is 32.2. The van der Waals surface area contributed by atoms with E-state index < -0.39 is 9.84 Å². The van der Waals surface area contributed by atoms with Gasteiger partial charge in [-0.1, -0.05) is 36.4 Å². The Morgan fingerprint density at radius 2 is 2.00 bits per heavy atom. The van der Waals surface area contributed by atoms with Gasteiger partial charge >= 0.3 is 0 Å². The number of hydrogen-bond acceptors (Lipinski definition) is 5. The first-order chi connectivity index (χ1) is 12.0. The second-order valence-electron chi connectivity index (χ2n) is 6.87. The van der Waals surface area contributed by atoms with Gasteiger partial charge in [-0.05, 0) is 24.3 Å². The summed E-state index contributed by atoms with van der Waals surface area (Å²) in [6, 6.07) is 10.2. The monoisotopic (exact) mass is 359 g/mol. The average molecular weight is 359 g/mol. The molecule has 1 aliphatic heterocycles. The molecule has 0 spiro atoms. The van der Waals surface area contributed by atoms with Crippen LogP contribution in [-0.4, -0.2) is 40.6 Å². The third kappa shape index (κ3) is 3.14. The van der Waals surface area contributed by atoms with E-state index in [1.54, 1.807) is 10.8 Å². The van der Waals surface area contributed by atoms with Gasteiger partial charge < -0.3 is 5.11 Å². The first-order valence-electron chi connectivity index (χ1n) is 8.54. The van der Waals surface area contributed by atoms with Crippen LogP contribution in [0.4, 0.5) is 0 Å². The highest BCUT2D eigenvalue weighted by Crippen LogP contribution is 2.52. The largest absolute Gasteiger partial charge is 0.394 e. The predicted molar refractivity (Wildman–Crippen MR) is 93.7 cm³/mol. The molecule has 7 heteroatoms. The van der Waals surface area contributed by atoms with Gasteiger partial charge in [0, 0.05) is 11.8 Å². The summed E-state index contributed by atoms with van der Waals surface area (Å²) >= 11 is 0. The molecule has 6 nitrogen and oxygen atoms in total. The highest BCUT2D eigenvalue weighted by Gasteiger charge is 2.49. The van der Waals surface area contributed by atoms with E-state index >= 15 is 0 Å². The third-order valence-electron chi connectivity index (χ3n) is 5.01. The molecule has 1 unspecified atom stereocenters. The second-order valence-corrected chi connectivity index (χ2v) is 8.80. The van der Waals surface area contributed by atoms with Crippen molar-refractivity contribution in [1.82, 2.24) is 14.8 Å². The van der Waals surface area contributed by atoms with Crippen LogP contribution in [0, 0.1) is 5.92 Å². The van der Waals surface area contributed by atoms with E-state index in [2.05, 4.69) is 17.2 Å². The number of aliphatic hydroxyl groups excluding tert-OH is 1. The molecule has 0 saturated heterocycles. The van der Waals surface area contributed by atoms with Crippen LogP contribution in [0.3, 0.4) is 0 Å². The lowest BCUT2D eigenvalue weighted by Crippen LogP contribution is -2.14. The Bertz CT molecular complexity index is 899. The average Bonchev–Trinajstić information content (AvgIpc) is 3.21. The summed E-state index contributed by atoms with van der Waals surface area (Å²) < 4.78 is 25.0. The second kappa shape index (κ2) is 6.07.